The molecule has 1 fully saturated rings. The van der Waals surface area contributed by atoms with Gasteiger partial charge in [-0.3, -0.25) is 14.4 Å². The second-order valence-electron chi connectivity index (χ2n) is 8.93. The molecule has 4 rings (SSSR count). The molecule has 3 aromatic carbocycles. The monoisotopic (exact) mass is 489 g/mol. The lowest BCUT2D eigenvalue weighted by Gasteiger charge is -2.17. The van der Waals surface area contributed by atoms with Crippen molar-refractivity contribution in [3.8, 4) is 5.75 Å². The Kier molecular flexibility index (Phi) is 8.17. The zero-order chi connectivity index (χ0) is 25.5. The summed E-state index contributed by atoms with van der Waals surface area (Å²) in [7, 11) is 0. The number of carbonyl (C=O) groups is 3. The maximum absolute atomic E-state index is 12.8. The number of benzene rings is 3. The lowest BCUT2D eigenvalue weighted by atomic mass is 10.1. The molecule has 0 unspecified atom stereocenters. The Balaban J connectivity index is 1.23. The van der Waals surface area contributed by atoms with E-state index in [0.717, 1.165) is 21.9 Å². The smallest absolute Gasteiger partial charge is 0.253 e. The van der Waals surface area contributed by atoms with Gasteiger partial charge in [0.2, 0.25) is 5.91 Å². The third kappa shape index (κ3) is 6.60. The van der Waals surface area contributed by atoms with Gasteiger partial charge in [0, 0.05) is 13.1 Å². The fraction of sp³-hybridized carbons (Fsp3) is 0.321. The van der Waals surface area contributed by atoms with Gasteiger partial charge in [0.15, 0.2) is 12.2 Å². The summed E-state index contributed by atoms with van der Waals surface area (Å²) in [4.78, 5) is 37.8. The van der Waals surface area contributed by atoms with Gasteiger partial charge in [-0.25, -0.2) is 0 Å². The number of rotatable bonds is 11. The molecule has 3 amide bonds. The van der Waals surface area contributed by atoms with Gasteiger partial charge in [-0.1, -0.05) is 61.9 Å². The fourth-order valence-electron chi connectivity index (χ4n) is 4.08. The Morgan fingerprint density at radius 3 is 2.33 bits per heavy atom. The molecule has 1 heterocycles. The van der Waals surface area contributed by atoms with Gasteiger partial charge in [-0.15, -0.1) is 0 Å². The van der Waals surface area contributed by atoms with Crippen LogP contribution in [0.15, 0.2) is 66.7 Å². The summed E-state index contributed by atoms with van der Waals surface area (Å²) in [5.74, 6) is -0.907. The molecule has 3 aromatic rings. The molecular weight excluding hydrogens is 458 g/mol. The molecule has 0 radical (unpaired) electrons. The predicted molar refractivity (Wildman–Crippen MR) is 136 cm³/mol. The number of nitrogens with one attached hydrogen (secondary N) is 3. The van der Waals surface area contributed by atoms with Gasteiger partial charge in [-0.05, 0) is 52.9 Å². The summed E-state index contributed by atoms with van der Waals surface area (Å²) in [6.45, 7) is 2.67. The molecule has 8 heteroatoms. The first kappa shape index (κ1) is 25.2. The number of carbonyl (C=O) groups excluding carboxylic acids is 3. The number of epoxide rings is 1. The van der Waals surface area contributed by atoms with Gasteiger partial charge >= 0.3 is 0 Å². The van der Waals surface area contributed by atoms with Gasteiger partial charge in [0.05, 0.1) is 0 Å². The first-order valence-corrected chi connectivity index (χ1v) is 12.2. The Bertz CT molecular complexity index is 1230. The first-order valence-electron chi connectivity index (χ1n) is 12.2. The Morgan fingerprint density at radius 1 is 0.889 bits per heavy atom. The molecule has 1 aliphatic rings. The number of fused-ring (bicyclic) bond motifs is 1. The Hall–Kier alpha value is -3.91. The van der Waals surface area contributed by atoms with Crippen LogP contribution in [0.4, 0.5) is 0 Å². The fourth-order valence-corrected chi connectivity index (χ4v) is 4.08. The summed E-state index contributed by atoms with van der Waals surface area (Å²) >= 11 is 0. The normalized spacial score (nSPS) is 17.2. The molecule has 0 spiro atoms. The van der Waals surface area contributed by atoms with Gasteiger partial charge < -0.3 is 25.8 Å². The van der Waals surface area contributed by atoms with E-state index in [4.69, 9.17) is 4.74 Å². The summed E-state index contributed by atoms with van der Waals surface area (Å²) in [6.07, 6.45) is 0.0250. The van der Waals surface area contributed by atoms with Crippen molar-refractivity contribution in [1.82, 2.24) is 16.0 Å². The first-order chi connectivity index (χ1) is 17.4. The van der Waals surface area contributed by atoms with Gasteiger partial charge in [0.1, 0.15) is 11.8 Å². The van der Waals surface area contributed by atoms with E-state index in [1.165, 1.54) is 0 Å². The highest BCUT2D eigenvalue weighted by Gasteiger charge is 2.50. The number of aromatic hydroxyl groups is 1. The van der Waals surface area contributed by atoms with E-state index in [9.17, 15) is 19.5 Å². The van der Waals surface area contributed by atoms with Crippen LogP contribution in [0.25, 0.3) is 10.8 Å². The minimum Gasteiger partial charge on any atom is -0.508 e. The number of hydrogen-bond acceptors (Lipinski definition) is 5. The van der Waals surface area contributed by atoms with Crippen molar-refractivity contribution in [2.24, 2.45) is 0 Å². The second-order valence-corrected chi connectivity index (χ2v) is 8.93. The summed E-state index contributed by atoms with van der Waals surface area (Å²) < 4.78 is 5.30. The van der Waals surface area contributed by atoms with Crippen molar-refractivity contribution < 1.29 is 24.2 Å². The third-order valence-corrected chi connectivity index (χ3v) is 6.15. The molecule has 8 nitrogen and oxygen atoms in total. The predicted octanol–water partition coefficient (Wildman–Crippen LogP) is 2.57. The second kappa shape index (κ2) is 11.7. The van der Waals surface area contributed by atoms with Crippen LogP contribution in [-0.4, -0.2) is 47.6 Å². The molecule has 0 aliphatic carbocycles. The third-order valence-electron chi connectivity index (χ3n) is 6.15. The van der Waals surface area contributed by atoms with E-state index in [1.807, 2.05) is 49.4 Å². The molecule has 0 aromatic heterocycles. The van der Waals surface area contributed by atoms with E-state index in [1.54, 1.807) is 24.3 Å². The number of amides is 3. The molecule has 0 bridgehead atoms. The standard InChI is InChI=1S/C28H31N3O5/c1-2-5-23(26(33)30-17-19-8-11-20-6-3-4-7-21(20)16-19)31-28(35)25-24(36-25)27(34)29-15-14-18-9-12-22(32)13-10-18/h3-4,6-13,16,23-25,32H,2,5,14-15,17H2,1H3,(H,29,34)(H,30,33)(H,31,35)/t23-,24-,25-/m0/s1. The summed E-state index contributed by atoms with van der Waals surface area (Å²) in [5, 5.41) is 20.0. The molecule has 1 saturated heterocycles. The molecule has 3 atom stereocenters. The number of phenols is 1. The van der Waals surface area contributed by atoms with Crippen LogP contribution in [0.3, 0.4) is 0 Å². The maximum atomic E-state index is 12.8. The summed E-state index contributed by atoms with van der Waals surface area (Å²) in [5.41, 5.74) is 1.94. The van der Waals surface area contributed by atoms with Gasteiger partial charge in [0.25, 0.3) is 11.8 Å². The largest absolute Gasteiger partial charge is 0.508 e. The lowest BCUT2D eigenvalue weighted by Crippen LogP contribution is -2.48. The molecule has 36 heavy (non-hydrogen) atoms. The molecule has 1 aliphatic heterocycles. The summed E-state index contributed by atoms with van der Waals surface area (Å²) in [6, 6.07) is 20.1. The SMILES string of the molecule is CCC[C@H](NC(=O)[C@H]1O[C@@H]1C(=O)NCCc1ccc(O)cc1)C(=O)NCc1ccc2ccccc2c1. The van der Waals surface area contributed by atoms with Crippen molar-refractivity contribution in [2.45, 2.75) is 51.0 Å². The van der Waals surface area contributed by atoms with Crippen molar-refractivity contribution in [3.05, 3.63) is 77.9 Å². The minimum atomic E-state index is -0.897. The highest BCUT2D eigenvalue weighted by atomic mass is 16.6. The van der Waals surface area contributed by atoms with Crippen molar-refractivity contribution >= 4 is 28.5 Å². The quantitative estimate of drug-likeness (QED) is 0.309. The van der Waals surface area contributed by atoms with E-state index in [0.29, 0.717) is 32.4 Å². The van der Waals surface area contributed by atoms with Crippen LogP contribution in [0.1, 0.15) is 30.9 Å². The topological polar surface area (TPSA) is 120 Å². The van der Waals surface area contributed by atoms with Crippen LogP contribution >= 0.6 is 0 Å². The zero-order valence-electron chi connectivity index (χ0n) is 20.2. The van der Waals surface area contributed by atoms with Crippen molar-refractivity contribution in [3.63, 3.8) is 0 Å². The highest BCUT2D eigenvalue weighted by molar-refractivity contribution is 5.97. The van der Waals surface area contributed by atoms with E-state index < -0.39 is 24.2 Å². The molecule has 0 saturated carbocycles. The molecule has 4 N–H and O–H groups in total. The zero-order valence-corrected chi connectivity index (χ0v) is 20.2. The van der Waals surface area contributed by atoms with Crippen molar-refractivity contribution in [1.29, 1.82) is 0 Å². The van der Waals surface area contributed by atoms with E-state index in [2.05, 4.69) is 16.0 Å². The van der Waals surface area contributed by atoms with Crippen LogP contribution in [0.5, 0.6) is 5.75 Å². The Labute approximate surface area is 210 Å². The number of hydrogen-bond donors (Lipinski definition) is 4. The van der Waals surface area contributed by atoms with Crippen LogP contribution in [-0.2, 0) is 32.1 Å². The van der Waals surface area contributed by atoms with Crippen LogP contribution < -0.4 is 16.0 Å². The molecular formula is C28H31N3O5. The average molecular weight is 490 g/mol. The minimum absolute atomic E-state index is 0.187. The molecule has 188 valence electrons. The van der Waals surface area contributed by atoms with Gasteiger partial charge in [-0.2, -0.15) is 0 Å². The lowest BCUT2D eigenvalue weighted by molar-refractivity contribution is -0.129. The average Bonchev–Trinajstić information content (AvgIpc) is 3.69. The van der Waals surface area contributed by atoms with Crippen molar-refractivity contribution in [2.75, 3.05) is 6.54 Å². The number of phenolic OH excluding ortho intramolecular Hbond substituents is 1. The highest BCUT2D eigenvalue weighted by Crippen LogP contribution is 2.23. The maximum Gasteiger partial charge on any atom is 0.253 e. The van der Waals surface area contributed by atoms with Crippen LogP contribution in [0.2, 0.25) is 0 Å². The number of ether oxygens (including phenoxy) is 1. The van der Waals surface area contributed by atoms with E-state index in [-0.39, 0.29) is 17.6 Å². The van der Waals surface area contributed by atoms with E-state index >= 15 is 0 Å². The van der Waals surface area contributed by atoms with Crippen LogP contribution in [0, 0.1) is 0 Å². The Morgan fingerprint density at radius 2 is 1.58 bits per heavy atom.